The Morgan fingerprint density at radius 3 is 2.39 bits per heavy atom. The number of fused-ring (bicyclic) bond motifs is 1. The first-order valence-corrected chi connectivity index (χ1v) is 10.4. The van der Waals surface area contributed by atoms with Gasteiger partial charge in [-0.15, -0.1) is 0 Å². The molecule has 0 atom stereocenters. The lowest BCUT2D eigenvalue weighted by Crippen LogP contribution is -2.32. The molecule has 0 N–H and O–H groups in total. The van der Waals surface area contributed by atoms with Gasteiger partial charge in [-0.2, -0.15) is 4.31 Å². The van der Waals surface area contributed by atoms with Crippen LogP contribution in [0.25, 0.3) is 5.65 Å². The van der Waals surface area contributed by atoms with Crippen molar-refractivity contribution in [3.63, 3.8) is 0 Å². The molecular formula is C19H22N4O4S. The number of hydrogen-bond acceptors (Lipinski definition) is 5. The van der Waals surface area contributed by atoms with E-state index < -0.39 is 10.0 Å². The predicted molar refractivity (Wildman–Crippen MR) is 106 cm³/mol. The fourth-order valence-corrected chi connectivity index (χ4v) is 4.49. The third kappa shape index (κ3) is 3.76. The Kier molecular flexibility index (Phi) is 5.48. The van der Waals surface area contributed by atoms with E-state index in [1.165, 1.54) is 37.7 Å². The van der Waals surface area contributed by atoms with Crippen molar-refractivity contribution in [3.05, 3.63) is 74.7 Å². The van der Waals surface area contributed by atoms with Crippen molar-refractivity contribution in [2.45, 2.75) is 32.2 Å². The average Bonchev–Trinajstić information content (AvgIpc) is 2.65. The average molecular weight is 402 g/mol. The molecule has 0 aliphatic heterocycles. The van der Waals surface area contributed by atoms with Crippen molar-refractivity contribution in [1.82, 2.24) is 18.3 Å². The Balaban J connectivity index is 2.04. The molecule has 0 aliphatic rings. The monoisotopic (exact) mass is 402 g/mol. The van der Waals surface area contributed by atoms with Crippen molar-refractivity contribution in [2.24, 2.45) is 0 Å². The van der Waals surface area contributed by atoms with E-state index in [0.29, 0.717) is 24.4 Å². The quantitative estimate of drug-likeness (QED) is 0.618. The van der Waals surface area contributed by atoms with Gasteiger partial charge in [0.25, 0.3) is 11.1 Å². The maximum absolute atomic E-state index is 12.7. The summed E-state index contributed by atoms with van der Waals surface area (Å²) in [6.45, 7) is 6.05. The predicted octanol–water partition coefficient (Wildman–Crippen LogP) is 1.24. The first-order chi connectivity index (χ1) is 13.3. The fourth-order valence-electron chi connectivity index (χ4n) is 3.01. The van der Waals surface area contributed by atoms with Crippen LogP contribution < -0.4 is 11.1 Å². The highest BCUT2D eigenvalue weighted by Crippen LogP contribution is 2.14. The van der Waals surface area contributed by atoms with E-state index in [1.54, 1.807) is 26.1 Å². The smallest absolute Gasteiger partial charge is 0.258 e. The Morgan fingerprint density at radius 2 is 1.71 bits per heavy atom. The van der Waals surface area contributed by atoms with Crippen LogP contribution in [0.1, 0.15) is 25.1 Å². The summed E-state index contributed by atoms with van der Waals surface area (Å²) in [5, 5.41) is 0. The van der Waals surface area contributed by atoms with E-state index in [2.05, 4.69) is 4.98 Å². The van der Waals surface area contributed by atoms with Crippen LogP contribution in [0.5, 0.6) is 0 Å². The molecule has 0 aromatic carbocycles. The van der Waals surface area contributed by atoms with Gasteiger partial charge in [0, 0.05) is 37.6 Å². The van der Waals surface area contributed by atoms with Gasteiger partial charge in [-0.1, -0.05) is 19.9 Å². The van der Waals surface area contributed by atoms with E-state index in [9.17, 15) is 18.0 Å². The third-order valence-corrected chi connectivity index (χ3v) is 6.53. The standard InChI is InChI=1S/C19H22N4O4S/c1-4-22(5-2)28(26,27)16-7-9-18(24)21(13-16)12-15-10-19(25)23-11-14(3)6-8-17(23)20-15/h6-11,13H,4-5,12H2,1-3H3. The zero-order valence-electron chi connectivity index (χ0n) is 16.0. The third-order valence-electron chi connectivity index (χ3n) is 4.49. The second-order valence-corrected chi connectivity index (χ2v) is 8.38. The number of sulfonamides is 1. The number of rotatable bonds is 6. The molecule has 0 amide bonds. The maximum Gasteiger partial charge on any atom is 0.258 e. The van der Waals surface area contributed by atoms with Crippen LogP contribution in [0.2, 0.25) is 0 Å². The molecule has 0 aliphatic carbocycles. The first-order valence-electron chi connectivity index (χ1n) is 8.96. The molecule has 0 unspecified atom stereocenters. The zero-order valence-corrected chi connectivity index (χ0v) is 16.8. The van der Waals surface area contributed by atoms with Crippen LogP contribution in [-0.2, 0) is 16.6 Å². The summed E-state index contributed by atoms with van der Waals surface area (Å²) >= 11 is 0. The molecule has 28 heavy (non-hydrogen) atoms. The van der Waals surface area contributed by atoms with Crippen molar-refractivity contribution in [1.29, 1.82) is 0 Å². The minimum absolute atomic E-state index is 0.0000593. The summed E-state index contributed by atoms with van der Waals surface area (Å²) in [5.41, 5.74) is 1.14. The Bertz CT molecular complexity index is 1240. The molecule has 3 heterocycles. The molecule has 9 heteroatoms. The summed E-state index contributed by atoms with van der Waals surface area (Å²) in [4.78, 5) is 29.0. The molecule has 0 spiro atoms. The maximum atomic E-state index is 12.7. The van der Waals surface area contributed by atoms with E-state index >= 15 is 0 Å². The molecule has 3 rings (SSSR count). The van der Waals surface area contributed by atoms with E-state index in [4.69, 9.17) is 0 Å². The molecule has 3 aromatic rings. The van der Waals surface area contributed by atoms with E-state index in [-0.39, 0.29) is 22.6 Å². The largest absolute Gasteiger partial charge is 0.308 e. The van der Waals surface area contributed by atoms with Crippen molar-refractivity contribution in [2.75, 3.05) is 13.1 Å². The highest BCUT2D eigenvalue weighted by molar-refractivity contribution is 7.89. The molecular weight excluding hydrogens is 380 g/mol. The number of aromatic nitrogens is 3. The van der Waals surface area contributed by atoms with Crippen molar-refractivity contribution in [3.8, 4) is 0 Å². The molecule has 0 bridgehead atoms. The topological polar surface area (TPSA) is 93.8 Å². The van der Waals surface area contributed by atoms with Gasteiger partial charge in [0.05, 0.1) is 17.1 Å². The van der Waals surface area contributed by atoms with Gasteiger partial charge in [0.2, 0.25) is 10.0 Å². The molecule has 0 fully saturated rings. The summed E-state index contributed by atoms with van der Waals surface area (Å²) in [6, 6.07) is 7.44. The van der Waals surface area contributed by atoms with Crippen molar-refractivity contribution >= 4 is 15.7 Å². The lowest BCUT2D eigenvalue weighted by atomic mass is 10.3. The van der Waals surface area contributed by atoms with Gasteiger partial charge in [0.15, 0.2) is 0 Å². The normalized spacial score (nSPS) is 12.0. The molecule has 0 saturated carbocycles. The van der Waals surface area contributed by atoms with Crippen LogP contribution in [0.4, 0.5) is 0 Å². The Labute approximate surface area is 162 Å². The summed E-state index contributed by atoms with van der Waals surface area (Å²) < 4.78 is 29.4. The van der Waals surface area contributed by atoms with Gasteiger partial charge in [-0.05, 0) is 24.6 Å². The highest BCUT2D eigenvalue weighted by Gasteiger charge is 2.22. The van der Waals surface area contributed by atoms with Crippen LogP contribution in [0.15, 0.2) is 57.2 Å². The number of nitrogens with zero attached hydrogens (tertiary/aromatic N) is 4. The SMILES string of the molecule is CCN(CC)S(=O)(=O)c1ccc(=O)n(Cc2cc(=O)n3cc(C)ccc3n2)c1. The van der Waals surface area contributed by atoms with Crippen LogP contribution in [0.3, 0.4) is 0 Å². The van der Waals surface area contributed by atoms with Gasteiger partial charge in [-0.3, -0.25) is 14.0 Å². The van der Waals surface area contributed by atoms with E-state index in [1.807, 2.05) is 13.0 Å². The minimum Gasteiger partial charge on any atom is -0.308 e. The Morgan fingerprint density at radius 1 is 1.00 bits per heavy atom. The van der Waals surface area contributed by atoms with Crippen LogP contribution in [0, 0.1) is 6.92 Å². The zero-order chi connectivity index (χ0) is 20.5. The van der Waals surface area contributed by atoms with E-state index in [0.717, 1.165) is 5.56 Å². The van der Waals surface area contributed by atoms with Gasteiger partial charge >= 0.3 is 0 Å². The molecule has 0 saturated heterocycles. The lowest BCUT2D eigenvalue weighted by molar-refractivity contribution is 0.444. The second kappa shape index (κ2) is 7.69. The summed E-state index contributed by atoms with van der Waals surface area (Å²) in [5.74, 6) is 0. The number of aryl methyl sites for hydroxylation is 1. The highest BCUT2D eigenvalue weighted by atomic mass is 32.2. The summed E-state index contributed by atoms with van der Waals surface area (Å²) in [7, 11) is -3.69. The minimum atomic E-state index is -3.69. The first kappa shape index (κ1) is 20.0. The lowest BCUT2D eigenvalue weighted by Gasteiger charge is -2.19. The molecule has 0 radical (unpaired) electrons. The Hall–Kier alpha value is -2.78. The van der Waals surface area contributed by atoms with Crippen LogP contribution >= 0.6 is 0 Å². The number of pyridine rings is 2. The second-order valence-electron chi connectivity index (χ2n) is 6.44. The molecule has 3 aromatic heterocycles. The summed E-state index contributed by atoms with van der Waals surface area (Å²) in [6.07, 6.45) is 2.99. The van der Waals surface area contributed by atoms with Gasteiger partial charge in [0.1, 0.15) is 5.65 Å². The molecule has 148 valence electrons. The molecule has 8 nitrogen and oxygen atoms in total. The van der Waals surface area contributed by atoms with Crippen molar-refractivity contribution < 1.29 is 8.42 Å². The number of hydrogen-bond donors (Lipinski definition) is 0. The van der Waals surface area contributed by atoms with Gasteiger partial charge < -0.3 is 4.57 Å². The van der Waals surface area contributed by atoms with Crippen LogP contribution in [-0.4, -0.2) is 39.8 Å². The van der Waals surface area contributed by atoms with Gasteiger partial charge in [-0.25, -0.2) is 13.4 Å². The fraction of sp³-hybridized carbons (Fsp3) is 0.316.